The summed E-state index contributed by atoms with van der Waals surface area (Å²) in [4.78, 5) is 16.2. The molecule has 0 bridgehead atoms. The summed E-state index contributed by atoms with van der Waals surface area (Å²) in [6, 6.07) is 0.447. The highest BCUT2D eigenvalue weighted by molar-refractivity contribution is 5.82. The first-order valence-electron chi connectivity index (χ1n) is 5.43. The van der Waals surface area contributed by atoms with E-state index in [4.69, 9.17) is 5.73 Å². The Labute approximate surface area is 85.0 Å². The number of rotatable bonds is 2. The minimum absolute atomic E-state index is 0.250. The first-order valence-corrected chi connectivity index (χ1v) is 5.43. The molecule has 0 saturated carbocycles. The van der Waals surface area contributed by atoms with E-state index in [1.165, 1.54) is 0 Å². The first kappa shape index (κ1) is 9.93. The van der Waals surface area contributed by atoms with Crippen molar-refractivity contribution >= 4 is 5.91 Å². The molecule has 2 saturated heterocycles. The molecule has 0 spiro atoms. The van der Waals surface area contributed by atoms with Crippen molar-refractivity contribution in [2.24, 2.45) is 11.7 Å². The number of piperidine rings is 1. The van der Waals surface area contributed by atoms with E-state index < -0.39 is 0 Å². The summed E-state index contributed by atoms with van der Waals surface area (Å²) in [6.07, 6.45) is 2.22. The maximum atomic E-state index is 11.9. The lowest BCUT2D eigenvalue weighted by Crippen LogP contribution is -2.42. The predicted octanol–water partition coefficient (Wildman–Crippen LogP) is -0.502. The largest absolute Gasteiger partial charge is 0.340 e. The van der Waals surface area contributed by atoms with Crippen molar-refractivity contribution in [1.29, 1.82) is 0 Å². The lowest BCUT2D eigenvalue weighted by atomic mass is 9.92. The van der Waals surface area contributed by atoms with Gasteiger partial charge in [0.05, 0.1) is 5.92 Å². The van der Waals surface area contributed by atoms with Crippen LogP contribution in [0.2, 0.25) is 0 Å². The Bertz CT molecular complexity index is 231. The van der Waals surface area contributed by atoms with Crippen molar-refractivity contribution in [2.45, 2.75) is 18.9 Å². The fourth-order valence-corrected chi connectivity index (χ4v) is 2.69. The van der Waals surface area contributed by atoms with Crippen LogP contribution in [0.1, 0.15) is 12.8 Å². The zero-order chi connectivity index (χ0) is 10.1. The predicted molar refractivity (Wildman–Crippen MR) is 54.8 cm³/mol. The number of likely N-dealkylation sites (N-methyl/N-ethyl adjacent to an activating group) is 1. The van der Waals surface area contributed by atoms with E-state index in [9.17, 15) is 4.79 Å². The first-order chi connectivity index (χ1) is 6.74. The van der Waals surface area contributed by atoms with Crippen molar-refractivity contribution in [3.05, 3.63) is 0 Å². The van der Waals surface area contributed by atoms with E-state index >= 15 is 0 Å². The average molecular weight is 197 g/mol. The Morgan fingerprint density at radius 2 is 2.36 bits per heavy atom. The van der Waals surface area contributed by atoms with Crippen molar-refractivity contribution in [2.75, 3.05) is 33.2 Å². The molecule has 2 aliphatic rings. The highest BCUT2D eigenvalue weighted by atomic mass is 16.2. The Hall–Kier alpha value is -0.610. The second-order valence-electron chi connectivity index (χ2n) is 4.37. The molecule has 0 aromatic heterocycles. The number of nitrogens with zero attached hydrogens (tertiary/aromatic N) is 2. The highest BCUT2D eigenvalue weighted by Gasteiger charge is 2.43. The number of likely N-dealkylation sites (tertiary alicyclic amines) is 2. The molecule has 2 rings (SSSR count). The molecule has 0 radical (unpaired) electrons. The van der Waals surface area contributed by atoms with Gasteiger partial charge in [0.2, 0.25) is 5.91 Å². The van der Waals surface area contributed by atoms with Crippen LogP contribution in [0.25, 0.3) is 0 Å². The van der Waals surface area contributed by atoms with Gasteiger partial charge in [0, 0.05) is 25.7 Å². The van der Waals surface area contributed by atoms with Crippen LogP contribution in [0.4, 0.5) is 0 Å². The zero-order valence-electron chi connectivity index (χ0n) is 8.78. The third-order valence-electron chi connectivity index (χ3n) is 3.49. The van der Waals surface area contributed by atoms with Crippen LogP contribution in [0.5, 0.6) is 0 Å². The van der Waals surface area contributed by atoms with E-state index in [-0.39, 0.29) is 5.92 Å². The van der Waals surface area contributed by atoms with Crippen molar-refractivity contribution in [3.8, 4) is 0 Å². The van der Waals surface area contributed by atoms with Crippen molar-refractivity contribution < 1.29 is 4.79 Å². The molecular formula is C10H19N3O. The number of hydrogen-bond acceptors (Lipinski definition) is 3. The molecule has 2 heterocycles. The summed E-state index contributed by atoms with van der Waals surface area (Å²) in [5, 5.41) is 0. The molecule has 80 valence electrons. The van der Waals surface area contributed by atoms with E-state index in [2.05, 4.69) is 11.9 Å². The van der Waals surface area contributed by atoms with Crippen molar-refractivity contribution in [1.82, 2.24) is 9.80 Å². The fraction of sp³-hybridized carbons (Fsp3) is 0.900. The van der Waals surface area contributed by atoms with Gasteiger partial charge in [-0.3, -0.25) is 4.79 Å². The molecule has 0 aromatic carbocycles. The van der Waals surface area contributed by atoms with Gasteiger partial charge in [-0.05, 0) is 26.4 Å². The minimum atomic E-state index is 0.250. The van der Waals surface area contributed by atoms with Gasteiger partial charge in [0.25, 0.3) is 0 Å². The number of carbonyl (C=O) groups excluding carboxylic acids is 1. The third-order valence-corrected chi connectivity index (χ3v) is 3.49. The molecule has 4 nitrogen and oxygen atoms in total. The lowest BCUT2D eigenvalue weighted by molar-refractivity contribution is -0.131. The maximum absolute atomic E-state index is 11.9. The van der Waals surface area contributed by atoms with Gasteiger partial charge in [-0.25, -0.2) is 0 Å². The number of carbonyl (C=O) groups is 1. The molecule has 2 aliphatic heterocycles. The molecule has 4 heteroatoms. The topological polar surface area (TPSA) is 49.6 Å². The summed E-state index contributed by atoms with van der Waals surface area (Å²) < 4.78 is 0. The second-order valence-corrected chi connectivity index (χ2v) is 4.37. The molecule has 2 atom stereocenters. The molecule has 0 aromatic rings. The lowest BCUT2D eigenvalue weighted by Gasteiger charge is -2.32. The van der Waals surface area contributed by atoms with Gasteiger partial charge in [0.15, 0.2) is 0 Å². The fourth-order valence-electron chi connectivity index (χ4n) is 2.69. The van der Waals surface area contributed by atoms with Crippen LogP contribution in [-0.2, 0) is 4.79 Å². The van der Waals surface area contributed by atoms with Gasteiger partial charge in [-0.15, -0.1) is 0 Å². The standard InChI is InChI=1S/C10H19N3O/c1-12-5-2-3-8-9(12)7-13(6-4-11)10(8)14/h8-9H,2-7,11H2,1H3/t8-,9+/m1/s1. The zero-order valence-corrected chi connectivity index (χ0v) is 8.78. The normalized spacial score (nSPS) is 33.6. The molecule has 0 unspecified atom stereocenters. The van der Waals surface area contributed by atoms with Crippen LogP contribution < -0.4 is 5.73 Å². The smallest absolute Gasteiger partial charge is 0.227 e. The van der Waals surface area contributed by atoms with Crippen LogP contribution >= 0.6 is 0 Å². The monoisotopic (exact) mass is 197 g/mol. The van der Waals surface area contributed by atoms with Gasteiger partial charge in [0.1, 0.15) is 0 Å². The maximum Gasteiger partial charge on any atom is 0.227 e. The van der Waals surface area contributed by atoms with E-state index in [0.717, 1.165) is 32.5 Å². The molecular weight excluding hydrogens is 178 g/mol. The average Bonchev–Trinajstić information content (AvgIpc) is 2.48. The number of amides is 1. The van der Waals surface area contributed by atoms with E-state index in [1.807, 2.05) is 4.90 Å². The third kappa shape index (κ3) is 1.53. The van der Waals surface area contributed by atoms with Gasteiger partial charge in [-0.1, -0.05) is 0 Å². The van der Waals surface area contributed by atoms with Gasteiger partial charge < -0.3 is 15.5 Å². The summed E-state index contributed by atoms with van der Waals surface area (Å²) >= 11 is 0. The quantitative estimate of drug-likeness (QED) is 0.649. The summed E-state index contributed by atoms with van der Waals surface area (Å²) in [5.41, 5.74) is 5.49. The Morgan fingerprint density at radius 1 is 1.57 bits per heavy atom. The molecule has 0 aliphatic carbocycles. The van der Waals surface area contributed by atoms with Crippen LogP contribution in [0, 0.1) is 5.92 Å². The van der Waals surface area contributed by atoms with Crippen LogP contribution in [0.3, 0.4) is 0 Å². The highest BCUT2D eigenvalue weighted by Crippen LogP contribution is 2.30. The van der Waals surface area contributed by atoms with Gasteiger partial charge in [-0.2, -0.15) is 0 Å². The Kier molecular flexibility index (Phi) is 2.74. The van der Waals surface area contributed by atoms with Crippen molar-refractivity contribution in [3.63, 3.8) is 0 Å². The summed E-state index contributed by atoms with van der Waals surface area (Å²) in [7, 11) is 2.12. The molecule has 2 N–H and O–H groups in total. The number of hydrogen-bond donors (Lipinski definition) is 1. The molecule has 1 amide bonds. The second kappa shape index (κ2) is 3.87. The van der Waals surface area contributed by atoms with Crippen LogP contribution in [0.15, 0.2) is 0 Å². The minimum Gasteiger partial charge on any atom is -0.340 e. The van der Waals surface area contributed by atoms with E-state index in [0.29, 0.717) is 18.5 Å². The summed E-state index contributed by atoms with van der Waals surface area (Å²) in [5.74, 6) is 0.576. The summed E-state index contributed by atoms with van der Waals surface area (Å²) in [6.45, 7) is 3.32. The Balaban J connectivity index is 2.06. The Morgan fingerprint density at radius 3 is 3.00 bits per heavy atom. The SMILES string of the molecule is CN1CCC[C@H]2C(=O)N(CCN)C[C@@H]21. The molecule has 2 fully saturated rings. The van der Waals surface area contributed by atoms with E-state index in [1.54, 1.807) is 0 Å². The van der Waals surface area contributed by atoms with Gasteiger partial charge >= 0.3 is 0 Å². The van der Waals surface area contributed by atoms with Crippen LogP contribution in [-0.4, -0.2) is 55.0 Å². The number of fused-ring (bicyclic) bond motifs is 1. The number of nitrogens with two attached hydrogens (primary N) is 1. The molecule has 14 heavy (non-hydrogen) atoms.